The maximum atomic E-state index is 13.2. The smallest absolute Gasteiger partial charge is 0.325 e. The molecule has 3 rings (SSSR count). The van der Waals surface area contributed by atoms with Gasteiger partial charge in [0.2, 0.25) is 11.8 Å². The number of hydrogen-bond acceptors (Lipinski definition) is 4. The molecule has 1 saturated heterocycles. The van der Waals surface area contributed by atoms with Gasteiger partial charge in [-0.3, -0.25) is 19.3 Å². The third-order valence-electron chi connectivity index (χ3n) is 5.69. The summed E-state index contributed by atoms with van der Waals surface area (Å²) in [7, 11) is 0. The van der Waals surface area contributed by atoms with Crippen LogP contribution < -0.4 is 10.6 Å². The molecular weight excluding hydrogens is 408 g/mol. The van der Waals surface area contributed by atoms with Gasteiger partial charge < -0.3 is 15.5 Å². The van der Waals surface area contributed by atoms with Gasteiger partial charge in [-0.05, 0) is 36.6 Å². The lowest BCUT2D eigenvalue weighted by molar-refractivity contribution is -0.134. The lowest BCUT2D eigenvalue weighted by Gasteiger charge is -2.25. The highest BCUT2D eigenvalue weighted by molar-refractivity contribution is 6.10. The number of amides is 5. The molecule has 8 nitrogen and oxygen atoms in total. The largest absolute Gasteiger partial charge is 0.339 e. The molecule has 1 unspecified atom stereocenters. The molecule has 0 aliphatic carbocycles. The zero-order valence-corrected chi connectivity index (χ0v) is 18.6. The molecule has 2 aromatic rings. The van der Waals surface area contributed by atoms with Gasteiger partial charge in [0.15, 0.2) is 0 Å². The molecule has 168 valence electrons. The van der Waals surface area contributed by atoms with Crippen molar-refractivity contribution in [3.8, 4) is 0 Å². The Morgan fingerprint density at radius 2 is 1.78 bits per heavy atom. The van der Waals surface area contributed by atoms with Gasteiger partial charge in [-0.1, -0.05) is 49.4 Å². The minimum Gasteiger partial charge on any atom is -0.339 e. The Balaban J connectivity index is 1.70. The van der Waals surface area contributed by atoms with E-state index in [0.717, 1.165) is 10.5 Å². The van der Waals surface area contributed by atoms with Crippen molar-refractivity contribution in [2.45, 2.75) is 39.3 Å². The van der Waals surface area contributed by atoms with Crippen LogP contribution in [0.25, 0.3) is 0 Å². The van der Waals surface area contributed by atoms with Gasteiger partial charge in [-0.2, -0.15) is 0 Å². The molecule has 1 aliphatic rings. The van der Waals surface area contributed by atoms with Crippen molar-refractivity contribution in [3.63, 3.8) is 0 Å². The van der Waals surface area contributed by atoms with Crippen molar-refractivity contribution in [2.24, 2.45) is 0 Å². The van der Waals surface area contributed by atoms with Gasteiger partial charge >= 0.3 is 6.03 Å². The van der Waals surface area contributed by atoms with E-state index in [1.165, 1.54) is 6.92 Å². The van der Waals surface area contributed by atoms with E-state index in [1.807, 2.05) is 26.0 Å². The summed E-state index contributed by atoms with van der Waals surface area (Å²) in [6.07, 6.45) is 0.367. The topological polar surface area (TPSA) is 98.8 Å². The molecule has 2 N–H and O–H groups in total. The van der Waals surface area contributed by atoms with Crippen LogP contribution in [0.1, 0.15) is 38.3 Å². The molecule has 0 spiro atoms. The fraction of sp³-hybridized carbons (Fsp3) is 0.333. The maximum Gasteiger partial charge on any atom is 0.325 e. The van der Waals surface area contributed by atoms with Crippen molar-refractivity contribution >= 4 is 29.4 Å². The van der Waals surface area contributed by atoms with Crippen molar-refractivity contribution < 1.29 is 19.2 Å². The summed E-state index contributed by atoms with van der Waals surface area (Å²) in [4.78, 5) is 52.7. The Morgan fingerprint density at radius 1 is 1.06 bits per heavy atom. The average molecular weight is 437 g/mol. The van der Waals surface area contributed by atoms with Crippen LogP contribution in [-0.4, -0.2) is 46.6 Å². The number of benzene rings is 2. The zero-order chi connectivity index (χ0) is 23.3. The Hall–Kier alpha value is -3.68. The molecule has 8 heteroatoms. The van der Waals surface area contributed by atoms with Crippen LogP contribution >= 0.6 is 0 Å². The molecule has 1 heterocycles. The monoisotopic (exact) mass is 436 g/mol. The number of carbonyl (C=O) groups is 4. The number of hydrogen-bond donors (Lipinski definition) is 2. The molecule has 1 aliphatic heterocycles. The summed E-state index contributed by atoms with van der Waals surface area (Å²) in [5.74, 6) is -0.956. The predicted octanol–water partition coefficient (Wildman–Crippen LogP) is 2.85. The zero-order valence-electron chi connectivity index (χ0n) is 18.6. The van der Waals surface area contributed by atoms with Crippen LogP contribution in [0.5, 0.6) is 0 Å². The molecule has 0 saturated carbocycles. The normalized spacial score (nSPS) is 17.8. The van der Waals surface area contributed by atoms with Crippen molar-refractivity contribution in [1.82, 2.24) is 15.1 Å². The lowest BCUT2D eigenvalue weighted by Crippen LogP contribution is -2.44. The second-order valence-corrected chi connectivity index (χ2v) is 7.73. The number of urea groups is 1. The van der Waals surface area contributed by atoms with Gasteiger partial charge in [0, 0.05) is 25.7 Å². The number of nitrogens with one attached hydrogen (secondary N) is 2. The van der Waals surface area contributed by atoms with Crippen LogP contribution in [0, 0.1) is 0 Å². The van der Waals surface area contributed by atoms with E-state index in [9.17, 15) is 19.2 Å². The lowest BCUT2D eigenvalue weighted by atomic mass is 9.87. The molecule has 0 radical (unpaired) electrons. The standard InChI is InChI=1S/C24H28N4O4/c1-4-24(19-11-7-6-8-12-19)22(31)28(23(32)26-24)16-21(30)25-20-13-9-10-18(14-20)15-27(5-2)17(3)29/h6-14H,4-5,15-16H2,1-3H3,(H,25,30)(H,26,32). The van der Waals surface area contributed by atoms with Crippen LogP contribution in [0.3, 0.4) is 0 Å². The van der Waals surface area contributed by atoms with Crippen LogP contribution in [0.15, 0.2) is 54.6 Å². The summed E-state index contributed by atoms with van der Waals surface area (Å²) >= 11 is 0. The predicted molar refractivity (Wildman–Crippen MR) is 120 cm³/mol. The Labute approximate surface area is 187 Å². The van der Waals surface area contributed by atoms with E-state index >= 15 is 0 Å². The van der Waals surface area contributed by atoms with Gasteiger partial charge in [0.1, 0.15) is 12.1 Å². The summed E-state index contributed by atoms with van der Waals surface area (Å²) in [5, 5.41) is 5.51. The summed E-state index contributed by atoms with van der Waals surface area (Å²) in [6, 6.07) is 15.6. The van der Waals surface area contributed by atoms with Gasteiger partial charge in [0.05, 0.1) is 0 Å². The van der Waals surface area contributed by atoms with E-state index < -0.39 is 29.9 Å². The summed E-state index contributed by atoms with van der Waals surface area (Å²) < 4.78 is 0. The molecule has 1 atom stereocenters. The van der Waals surface area contributed by atoms with Gasteiger partial charge in [-0.15, -0.1) is 0 Å². The first-order valence-electron chi connectivity index (χ1n) is 10.6. The third kappa shape index (κ3) is 4.64. The fourth-order valence-electron chi connectivity index (χ4n) is 3.89. The van der Waals surface area contributed by atoms with Gasteiger partial charge in [0.25, 0.3) is 5.91 Å². The van der Waals surface area contributed by atoms with E-state index in [-0.39, 0.29) is 5.91 Å². The van der Waals surface area contributed by atoms with E-state index in [4.69, 9.17) is 0 Å². The Kier molecular flexibility index (Phi) is 6.92. The molecule has 0 aromatic heterocycles. The highest BCUT2D eigenvalue weighted by atomic mass is 16.2. The average Bonchev–Trinajstić information content (AvgIpc) is 3.03. The second-order valence-electron chi connectivity index (χ2n) is 7.73. The van der Waals surface area contributed by atoms with E-state index in [1.54, 1.807) is 47.4 Å². The van der Waals surface area contributed by atoms with Crippen LogP contribution in [0.2, 0.25) is 0 Å². The maximum absolute atomic E-state index is 13.2. The number of rotatable bonds is 8. The molecule has 2 aromatic carbocycles. The van der Waals surface area contributed by atoms with Gasteiger partial charge in [-0.25, -0.2) is 4.79 Å². The third-order valence-corrected chi connectivity index (χ3v) is 5.69. The Bertz CT molecular complexity index is 1020. The van der Waals surface area contributed by atoms with Crippen LogP contribution in [0.4, 0.5) is 10.5 Å². The SMILES string of the molecule is CCN(Cc1cccc(NC(=O)CN2C(=O)NC(CC)(c3ccccc3)C2=O)c1)C(C)=O. The molecule has 1 fully saturated rings. The van der Waals surface area contributed by atoms with E-state index in [2.05, 4.69) is 10.6 Å². The Morgan fingerprint density at radius 3 is 2.41 bits per heavy atom. The highest BCUT2D eigenvalue weighted by Crippen LogP contribution is 2.32. The molecule has 32 heavy (non-hydrogen) atoms. The van der Waals surface area contributed by atoms with Crippen molar-refractivity contribution in [2.75, 3.05) is 18.4 Å². The first-order chi connectivity index (χ1) is 15.3. The number of carbonyl (C=O) groups excluding carboxylic acids is 4. The number of anilines is 1. The first-order valence-corrected chi connectivity index (χ1v) is 10.6. The summed E-state index contributed by atoms with van der Waals surface area (Å²) in [5.41, 5.74) is 0.907. The quantitative estimate of drug-likeness (QED) is 0.622. The highest BCUT2D eigenvalue weighted by Gasteiger charge is 2.51. The minimum absolute atomic E-state index is 0.0293. The second kappa shape index (κ2) is 9.64. The first kappa shape index (κ1) is 23.0. The van der Waals surface area contributed by atoms with Crippen molar-refractivity contribution in [1.29, 1.82) is 0 Å². The van der Waals surface area contributed by atoms with Crippen LogP contribution in [-0.2, 0) is 26.5 Å². The molecular formula is C24H28N4O4. The number of imide groups is 1. The number of nitrogens with zero attached hydrogens (tertiary/aromatic N) is 2. The fourth-order valence-corrected chi connectivity index (χ4v) is 3.89. The molecule has 0 bridgehead atoms. The van der Waals surface area contributed by atoms with E-state index in [0.29, 0.717) is 30.8 Å². The molecule has 5 amide bonds. The van der Waals surface area contributed by atoms with Crippen molar-refractivity contribution in [3.05, 3.63) is 65.7 Å². The minimum atomic E-state index is -1.17. The summed E-state index contributed by atoms with van der Waals surface area (Å²) in [6.45, 7) is 5.85.